The molecule has 2 aromatic heterocycles. The van der Waals surface area contributed by atoms with Crippen molar-refractivity contribution < 1.29 is 23.1 Å². The minimum absolute atomic E-state index is 0.0307. The van der Waals surface area contributed by atoms with Crippen LogP contribution in [0.15, 0.2) is 54.6 Å². The van der Waals surface area contributed by atoms with Crippen LogP contribution >= 0.6 is 0 Å². The lowest BCUT2D eigenvalue weighted by Crippen LogP contribution is -2.39. The van der Waals surface area contributed by atoms with Crippen LogP contribution in [0.2, 0.25) is 0 Å². The van der Waals surface area contributed by atoms with E-state index in [1.165, 1.54) is 6.07 Å². The maximum atomic E-state index is 13.8. The van der Waals surface area contributed by atoms with E-state index >= 15 is 0 Å². The number of carboxylic acids is 1. The normalized spacial score (nSPS) is 16.3. The van der Waals surface area contributed by atoms with Crippen LogP contribution in [0.5, 0.6) is 0 Å². The average Bonchev–Trinajstić information content (AvgIpc) is 2.87. The van der Waals surface area contributed by atoms with E-state index in [9.17, 15) is 23.1 Å². The Morgan fingerprint density at radius 2 is 1.89 bits per heavy atom. The van der Waals surface area contributed by atoms with Crippen molar-refractivity contribution in [2.45, 2.75) is 45.3 Å². The summed E-state index contributed by atoms with van der Waals surface area (Å²) in [5.41, 5.74) is 1.05. The maximum absolute atomic E-state index is 13.8. The quantitative estimate of drug-likeness (QED) is 0.404. The van der Waals surface area contributed by atoms with Crippen LogP contribution in [-0.2, 0) is 17.5 Å². The molecule has 9 heteroatoms. The number of anilines is 2. The number of halogens is 3. The smallest absolute Gasteiger partial charge is 0.418 e. The highest BCUT2D eigenvalue weighted by Gasteiger charge is 2.35. The Balaban J connectivity index is 1.57. The number of alkyl halides is 3. The molecular weight excluding hydrogens is 469 g/mol. The summed E-state index contributed by atoms with van der Waals surface area (Å²) in [5, 5.41) is 12.5. The van der Waals surface area contributed by atoms with Gasteiger partial charge in [0.25, 0.3) is 0 Å². The molecule has 2 N–H and O–H groups in total. The molecule has 1 aliphatic rings. The molecule has 4 rings (SSSR count). The van der Waals surface area contributed by atoms with Crippen molar-refractivity contribution in [3.8, 4) is 11.3 Å². The number of nitrogens with zero attached hydrogens (tertiary/aromatic N) is 3. The number of carbonyl (C=O) groups is 1. The van der Waals surface area contributed by atoms with Crippen molar-refractivity contribution in [2.24, 2.45) is 5.92 Å². The highest BCUT2D eigenvalue weighted by Crippen LogP contribution is 2.39. The van der Waals surface area contributed by atoms with E-state index in [4.69, 9.17) is 0 Å². The predicted octanol–water partition coefficient (Wildman–Crippen LogP) is 6.20. The van der Waals surface area contributed by atoms with Gasteiger partial charge < -0.3 is 15.3 Å². The van der Waals surface area contributed by atoms with Crippen LogP contribution in [0.25, 0.3) is 11.3 Å². The topological polar surface area (TPSA) is 78.4 Å². The number of rotatable bonds is 7. The van der Waals surface area contributed by atoms with Crippen molar-refractivity contribution in [3.05, 3.63) is 71.4 Å². The van der Waals surface area contributed by atoms with Gasteiger partial charge in [0, 0.05) is 18.7 Å². The predicted molar refractivity (Wildman–Crippen MR) is 133 cm³/mol. The number of hydrogen-bond donors (Lipinski definition) is 2. The Morgan fingerprint density at radius 3 is 2.61 bits per heavy atom. The standard InChI is InChI=1S/C27H29F3N4O2/c1-17(2)20-9-3-4-10-21(20)25-22(27(28,29)30)12-13-23(33-25)31-15-19-8-5-11-24(32-19)34-14-6-7-18(16-34)26(35)36/h3-5,8-13,17-18H,6-7,14-16H2,1-2H3,(H,31,33)(H,35,36)/t18-/m1/s1. The number of benzene rings is 1. The van der Waals surface area contributed by atoms with Crippen molar-refractivity contribution in [1.29, 1.82) is 0 Å². The van der Waals surface area contributed by atoms with Gasteiger partial charge in [-0.1, -0.05) is 44.2 Å². The summed E-state index contributed by atoms with van der Waals surface area (Å²) in [7, 11) is 0. The highest BCUT2D eigenvalue weighted by atomic mass is 19.4. The third kappa shape index (κ3) is 5.78. The van der Waals surface area contributed by atoms with Gasteiger partial charge in [-0.15, -0.1) is 0 Å². The first-order valence-corrected chi connectivity index (χ1v) is 12.0. The van der Waals surface area contributed by atoms with Gasteiger partial charge in [0.05, 0.1) is 29.4 Å². The zero-order valence-corrected chi connectivity index (χ0v) is 20.2. The van der Waals surface area contributed by atoms with Crippen molar-refractivity contribution in [2.75, 3.05) is 23.3 Å². The molecule has 0 saturated carbocycles. The van der Waals surface area contributed by atoms with Gasteiger partial charge >= 0.3 is 12.1 Å². The molecule has 1 aliphatic heterocycles. The summed E-state index contributed by atoms with van der Waals surface area (Å²) in [4.78, 5) is 22.4. The first-order chi connectivity index (χ1) is 17.1. The molecule has 0 aliphatic carbocycles. The molecule has 0 unspecified atom stereocenters. The van der Waals surface area contributed by atoms with E-state index in [1.807, 2.05) is 49.1 Å². The van der Waals surface area contributed by atoms with E-state index in [1.54, 1.807) is 12.1 Å². The number of aliphatic carboxylic acids is 1. The van der Waals surface area contributed by atoms with Gasteiger partial charge in [0.1, 0.15) is 11.6 Å². The molecule has 6 nitrogen and oxygen atoms in total. The number of pyridine rings is 2. The number of aromatic nitrogens is 2. The average molecular weight is 499 g/mol. The molecule has 0 radical (unpaired) electrons. The van der Waals surface area contributed by atoms with Crippen LogP contribution in [0.3, 0.4) is 0 Å². The summed E-state index contributed by atoms with van der Waals surface area (Å²) in [5.74, 6) is -0.199. The van der Waals surface area contributed by atoms with E-state index in [0.717, 1.165) is 24.6 Å². The molecule has 1 atom stereocenters. The summed E-state index contributed by atoms with van der Waals surface area (Å²) in [6, 6.07) is 14.9. The van der Waals surface area contributed by atoms with Crippen LogP contribution in [0.4, 0.5) is 24.8 Å². The van der Waals surface area contributed by atoms with Crippen LogP contribution in [0, 0.1) is 5.92 Å². The molecule has 36 heavy (non-hydrogen) atoms. The molecule has 0 bridgehead atoms. The molecule has 1 aromatic carbocycles. The fraction of sp³-hybridized carbons (Fsp3) is 0.370. The lowest BCUT2D eigenvalue weighted by atomic mass is 9.93. The van der Waals surface area contributed by atoms with Crippen LogP contribution < -0.4 is 10.2 Å². The first kappa shape index (κ1) is 25.5. The summed E-state index contributed by atoms with van der Waals surface area (Å²) < 4.78 is 41.5. The summed E-state index contributed by atoms with van der Waals surface area (Å²) in [6.45, 7) is 5.26. The molecule has 1 fully saturated rings. The molecule has 0 amide bonds. The van der Waals surface area contributed by atoms with Gasteiger partial charge in [-0.25, -0.2) is 9.97 Å². The second-order valence-electron chi connectivity index (χ2n) is 9.30. The van der Waals surface area contributed by atoms with Crippen molar-refractivity contribution in [3.63, 3.8) is 0 Å². The number of piperidine rings is 1. The Kier molecular flexibility index (Phi) is 7.47. The molecule has 3 aromatic rings. The number of hydrogen-bond acceptors (Lipinski definition) is 5. The largest absolute Gasteiger partial charge is 0.481 e. The van der Waals surface area contributed by atoms with Crippen LogP contribution in [0.1, 0.15) is 49.4 Å². The SMILES string of the molecule is CC(C)c1ccccc1-c1nc(NCc2cccc(N3CCC[C@@H](C(=O)O)C3)n2)ccc1C(F)(F)F. The summed E-state index contributed by atoms with van der Waals surface area (Å²) in [6.07, 6.45) is -3.12. The Hall–Kier alpha value is -3.62. The number of carboxylic acid groups (broad SMARTS) is 1. The molecule has 3 heterocycles. The second-order valence-corrected chi connectivity index (χ2v) is 9.30. The zero-order chi connectivity index (χ0) is 25.9. The van der Waals surface area contributed by atoms with Crippen molar-refractivity contribution >= 4 is 17.6 Å². The first-order valence-electron chi connectivity index (χ1n) is 12.0. The van der Waals surface area contributed by atoms with Crippen LogP contribution in [-0.4, -0.2) is 34.1 Å². The third-order valence-corrected chi connectivity index (χ3v) is 6.38. The van der Waals surface area contributed by atoms with Gasteiger partial charge in [0.2, 0.25) is 0 Å². The maximum Gasteiger partial charge on any atom is 0.418 e. The summed E-state index contributed by atoms with van der Waals surface area (Å²) >= 11 is 0. The molecular formula is C27H29F3N4O2. The van der Waals surface area contributed by atoms with Gasteiger partial charge in [-0.2, -0.15) is 13.2 Å². The van der Waals surface area contributed by atoms with E-state index < -0.39 is 23.6 Å². The Bertz CT molecular complexity index is 1230. The minimum atomic E-state index is -4.54. The van der Waals surface area contributed by atoms with Crippen molar-refractivity contribution in [1.82, 2.24) is 9.97 Å². The zero-order valence-electron chi connectivity index (χ0n) is 20.2. The molecule has 190 valence electrons. The van der Waals surface area contributed by atoms with E-state index in [2.05, 4.69) is 15.3 Å². The Morgan fingerprint density at radius 1 is 1.11 bits per heavy atom. The van der Waals surface area contributed by atoms with E-state index in [0.29, 0.717) is 35.9 Å². The second kappa shape index (κ2) is 10.6. The highest BCUT2D eigenvalue weighted by molar-refractivity contribution is 5.71. The van der Waals surface area contributed by atoms with E-state index in [-0.39, 0.29) is 18.2 Å². The minimum Gasteiger partial charge on any atom is -0.481 e. The van der Waals surface area contributed by atoms with Gasteiger partial charge in [0.15, 0.2) is 0 Å². The fourth-order valence-electron chi connectivity index (χ4n) is 4.52. The fourth-order valence-corrected chi connectivity index (χ4v) is 4.52. The Labute approximate surface area is 208 Å². The number of nitrogens with one attached hydrogen (secondary N) is 1. The molecule has 1 saturated heterocycles. The van der Waals surface area contributed by atoms with Gasteiger partial charge in [-0.3, -0.25) is 4.79 Å². The van der Waals surface area contributed by atoms with Gasteiger partial charge in [-0.05, 0) is 48.6 Å². The monoisotopic (exact) mass is 498 g/mol. The lowest BCUT2D eigenvalue weighted by molar-refractivity contribution is -0.142. The lowest BCUT2D eigenvalue weighted by Gasteiger charge is -2.31. The molecule has 0 spiro atoms. The third-order valence-electron chi connectivity index (χ3n) is 6.38.